The Morgan fingerprint density at radius 3 is 2.67 bits per heavy atom. The number of anilines is 1. The molecule has 0 aliphatic heterocycles. The molecule has 0 aliphatic rings. The lowest BCUT2D eigenvalue weighted by molar-refractivity contribution is -0.141. The quantitative estimate of drug-likeness (QED) is 0.785. The fourth-order valence-electron chi connectivity index (χ4n) is 0.932. The molecular formula is C10H11F3N2. The molecule has 0 bridgehead atoms. The van der Waals surface area contributed by atoms with Gasteiger partial charge in [0.1, 0.15) is 11.5 Å². The molecule has 0 fully saturated rings. The van der Waals surface area contributed by atoms with Gasteiger partial charge in [-0.1, -0.05) is 18.2 Å². The van der Waals surface area contributed by atoms with E-state index in [0.717, 1.165) is 11.6 Å². The number of rotatable bonds is 3. The van der Waals surface area contributed by atoms with Gasteiger partial charge in [-0.15, -0.1) is 0 Å². The second-order valence-electron chi connectivity index (χ2n) is 3.22. The lowest BCUT2D eigenvalue weighted by atomic mass is 10.3. The zero-order valence-corrected chi connectivity index (χ0v) is 8.23. The van der Waals surface area contributed by atoms with E-state index in [1.807, 2.05) is 0 Å². The molecule has 1 heterocycles. The van der Waals surface area contributed by atoms with Gasteiger partial charge in [0.05, 0.1) is 0 Å². The molecule has 0 radical (unpaired) electrons. The maximum Gasteiger partial charge on any atom is 0.433 e. The van der Waals surface area contributed by atoms with E-state index in [0.29, 0.717) is 6.54 Å². The van der Waals surface area contributed by atoms with E-state index in [1.54, 1.807) is 6.92 Å². The fraction of sp³-hybridized carbons (Fsp3) is 0.300. The van der Waals surface area contributed by atoms with Crippen LogP contribution in [0.2, 0.25) is 0 Å². The maximum absolute atomic E-state index is 12.3. The molecule has 0 amide bonds. The Bertz CT molecular complexity index is 358. The monoisotopic (exact) mass is 216 g/mol. The third-order valence-electron chi connectivity index (χ3n) is 1.61. The molecule has 0 aliphatic carbocycles. The number of nitrogens with zero attached hydrogens (tertiary/aromatic N) is 1. The molecular weight excluding hydrogens is 205 g/mol. The van der Waals surface area contributed by atoms with Gasteiger partial charge >= 0.3 is 6.18 Å². The number of hydrogen-bond acceptors (Lipinski definition) is 2. The summed E-state index contributed by atoms with van der Waals surface area (Å²) in [7, 11) is 0. The zero-order valence-electron chi connectivity index (χ0n) is 8.23. The van der Waals surface area contributed by atoms with Crippen LogP contribution in [0.15, 0.2) is 30.4 Å². The van der Waals surface area contributed by atoms with E-state index in [-0.39, 0.29) is 5.82 Å². The van der Waals surface area contributed by atoms with E-state index >= 15 is 0 Å². The second kappa shape index (κ2) is 4.33. The number of aromatic nitrogens is 1. The van der Waals surface area contributed by atoms with Gasteiger partial charge in [-0.25, -0.2) is 4.98 Å². The average Bonchev–Trinajstić information content (AvgIpc) is 2.14. The van der Waals surface area contributed by atoms with Gasteiger partial charge in [0.2, 0.25) is 0 Å². The molecule has 2 nitrogen and oxygen atoms in total. The van der Waals surface area contributed by atoms with Gasteiger partial charge in [0.25, 0.3) is 0 Å². The van der Waals surface area contributed by atoms with Crippen molar-refractivity contribution in [3.05, 3.63) is 36.0 Å². The van der Waals surface area contributed by atoms with Crippen molar-refractivity contribution in [2.45, 2.75) is 13.1 Å². The van der Waals surface area contributed by atoms with Crippen LogP contribution < -0.4 is 5.32 Å². The van der Waals surface area contributed by atoms with E-state index < -0.39 is 11.9 Å². The zero-order chi connectivity index (χ0) is 11.5. The normalized spacial score (nSPS) is 11.2. The Kier molecular flexibility index (Phi) is 3.34. The van der Waals surface area contributed by atoms with E-state index in [9.17, 15) is 13.2 Å². The van der Waals surface area contributed by atoms with Crippen LogP contribution >= 0.6 is 0 Å². The highest BCUT2D eigenvalue weighted by molar-refractivity contribution is 5.37. The van der Waals surface area contributed by atoms with Crippen LogP contribution in [0, 0.1) is 0 Å². The Labute approximate surface area is 85.8 Å². The van der Waals surface area contributed by atoms with Crippen molar-refractivity contribution >= 4 is 5.82 Å². The molecule has 1 aromatic heterocycles. The Morgan fingerprint density at radius 1 is 1.47 bits per heavy atom. The number of alkyl halides is 3. The van der Waals surface area contributed by atoms with E-state index in [4.69, 9.17) is 0 Å². The summed E-state index contributed by atoms with van der Waals surface area (Å²) in [5.74, 6) is 0.202. The maximum atomic E-state index is 12.3. The second-order valence-corrected chi connectivity index (χ2v) is 3.22. The summed E-state index contributed by atoms with van der Waals surface area (Å²) >= 11 is 0. The summed E-state index contributed by atoms with van der Waals surface area (Å²) in [6.45, 7) is 5.82. The smallest absolute Gasteiger partial charge is 0.366 e. The predicted octanol–water partition coefficient (Wildman–Crippen LogP) is 3.09. The van der Waals surface area contributed by atoms with Crippen LogP contribution in [0.1, 0.15) is 12.6 Å². The summed E-state index contributed by atoms with van der Waals surface area (Å²) < 4.78 is 36.8. The lowest BCUT2D eigenvalue weighted by Crippen LogP contribution is -2.10. The third-order valence-corrected chi connectivity index (χ3v) is 1.61. The number of halogens is 3. The van der Waals surface area contributed by atoms with Gasteiger partial charge in [-0.05, 0) is 19.1 Å². The van der Waals surface area contributed by atoms with Crippen LogP contribution in [0.4, 0.5) is 19.0 Å². The molecule has 0 aromatic carbocycles. The van der Waals surface area contributed by atoms with Gasteiger partial charge < -0.3 is 5.32 Å². The van der Waals surface area contributed by atoms with Crippen LogP contribution in [0.25, 0.3) is 0 Å². The summed E-state index contributed by atoms with van der Waals surface area (Å²) in [5.41, 5.74) is -0.0663. The third kappa shape index (κ3) is 3.61. The topological polar surface area (TPSA) is 24.9 Å². The van der Waals surface area contributed by atoms with Crippen molar-refractivity contribution in [1.29, 1.82) is 0 Å². The van der Waals surface area contributed by atoms with E-state index in [2.05, 4.69) is 16.9 Å². The van der Waals surface area contributed by atoms with Crippen LogP contribution in [-0.4, -0.2) is 11.5 Å². The lowest BCUT2D eigenvalue weighted by Gasteiger charge is -2.09. The summed E-state index contributed by atoms with van der Waals surface area (Å²) in [6, 6.07) is 3.74. The number of nitrogens with one attached hydrogen (secondary N) is 1. The fourth-order valence-corrected chi connectivity index (χ4v) is 0.932. The number of pyridine rings is 1. The Morgan fingerprint density at radius 2 is 2.13 bits per heavy atom. The van der Waals surface area contributed by atoms with Crippen molar-refractivity contribution in [2.24, 2.45) is 0 Å². The highest BCUT2D eigenvalue weighted by Gasteiger charge is 2.32. The predicted molar refractivity (Wildman–Crippen MR) is 52.5 cm³/mol. The molecule has 15 heavy (non-hydrogen) atoms. The van der Waals surface area contributed by atoms with Crippen molar-refractivity contribution in [3.63, 3.8) is 0 Å². The van der Waals surface area contributed by atoms with Gasteiger partial charge in [-0.2, -0.15) is 13.2 Å². The van der Waals surface area contributed by atoms with Crippen molar-refractivity contribution in [3.8, 4) is 0 Å². The van der Waals surface area contributed by atoms with Gasteiger partial charge in [0, 0.05) is 6.54 Å². The Hall–Kier alpha value is -1.52. The first kappa shape index (κ1) is 11.6. The van der Waals surface area contributed by atoms with Crippen molar-refractivity contribution in [2.75, 3.05) is 11.9 Å². The van der Waals surface area contributed by atoms with Crippen LogP contribution in [0.3, 0.4) is 0 Å². The summed E-state index contributed by atoms with van der Waals surface area (Å²) in [5, 5.41) is 2.75. The van der Waals surface area contributed by atoms with Crippen LogP contribution in [-0.2, 0) is 6.18 Å². The molecule has 1 N–H and O–H groups in total. The number of hydrogen-bond donors (Lipinski definition) is 1. The van der Waals surface area contributed by atoms with Gasteiger partial charge in [-0.3, -0.25) is 0 Å². The van der Waals surface area contributed by atoms with Crippen molar-refractivity contribution in [1.82, 2.24) is 4.98 Å². The molecule has 1 rings (SSSR count). The molecule has 0 spiro atoms. The highest BCUT2D eigenvalue weighted by Crippen LogP contribution is 2.28. The molecule has 0 saturated carbocycles. The van der Waals surface area contributed by atoms with Crippen LogP contribution in [0.5, 0.6) is 0 Å². The van der Waals surface area contributed by atoms with Gasteiger partial charge in [0.15, 0.2) is 0 Å². The molecule has 1 aromatic rings. The minimum absolute atomic E-state index is 0.202. The SMILES string of the molecule is C=C(C)CNc1cccc(C(F)(F)F)n1. The molecule has 0 unspecified atom stereocenters. The highest BCUT2D eigenvalue weighted by atomic mass is 19.4. The minimum atomic E-state index is -4.40. The first-order valence-electron chi connectivity index (χ1n) is 4.32. The standard InChI is InChI=1S/C10H11F3N2/c1-7(2)6-14-9-5-3-4-8(15-9)10(11,12)13/h3-5H,1,6H2,2H3,(H,14,15). The molecule has 5 heteroatoms. The minimum Gasteiger partial charge on any atom is -0.366 e. The summed E-state index contributed by atoms with van der Waals surface area (Å²) in [4.78, 5) is 3.44. The largest absolute Gasteiger partial charge is 0.433 e. The average molecular weight is 216 g/mol. The Balaban J connectivity index is 2.79. The molecule has 0 atom stereocenters. The first-order valence-corrected chi connectivity index (χ1v) is 4.32. The van der Waals surface area contributed by atoms with Crippen molar-refractivity contribution < 1.29 is 13.2 Å². The summed E-state index contributed by atoms with van der Waals surface area (Å²) in [6.07, 6.45) is -4.40. The first-order chi connectivity index (χ1) is 6.89. The molecule has 0 saturated heterocycles. The van der Waals surface area contributed by atoms with E-state index in [1.165, 1.54) is 12.1 Å². The molecule has 82 valence electrons.